The highest BCUT2D eigenvalue weighted by molar-refractivity contribution is 5.78. The van der Waals surface area contributed by atoms with E-state index in [4.69, 9.17) is 5.73 Å². The van der Waals surface area contributed by atoms with Crippen molar-refractivity contribution in [1.29, 1.82) is 0 Å². The third-order valence-corrected chi connectivity index (χ3v) is 3.71. The van der Waals surface area contributed by atoms with Gasteiger partial charge < -0.3 is 15.4 Å². The third kappa shape index (κ3) is 1.84. The molecule has 18 heavy (non-hydrogen) atoms. The molecule has 0 unspecified atom stereocenters. The molecule has 3 rings (SSSR count). The molecule has 4 nitrogen and oxygen atoms in total. The van der Waals surface area contributed by atoms with Crippen LogP contribution in [0.1, 0.15) is 31.7 Å². The topological polar surface area (TPSA) is 64.1 Å². The zero-order valence-electron chi connectivity index (χ0n) is 10.0. The van der Waals surface area contributed by atoms with E-state index >= 15 is 0 Å². The molecule has 0 bridgehead atoms. The maximum Gasteiger partial charge on any atom is 0.201 e. The minimum atomic E-state index is -0.278. The standard InChI is InChI=1S/C13H16FN3O/c14-8-1-6-11-12(7-8)17(13(15)16-11)9-2-4-10(18)5-3-9/h1,6-7,9-10,18H,2-5H2,(H2,15,16). The average molecular weight is 249 g/mol. The fourth-order valence-corrected chi connectivity index (χ4v) is 2.78. The second kappa shape index (κ2) is 4.24. The summed E-state index contributed by atoms with van der Waals surface area (Å²) >= 11 is 0. The molecule has 0 spiro atoms. The lowest BCUT2D eigenvalue weighted by Gasteiger charge is -2.27. The number of aliphatic hydroxyl groups excluding tert-OH is 1. The van der Waals surface area contributed by atoms with Crippen molar-refractivity contribution in [1.82, 2.24) is 9.55 Å². The van der Waals surface area contributed by atoms with E-state index in [0.29, 0.717) is 5.95 Å². The van der Waals surface area contributed by atoms with Gasteiger partial charge in [0.1, 0.15) is 5.82 Å². The molecule has 1 aromatic carbocycles. The fourth-order valence-electron chi connectivity index (χ4n) is 2.78. The minimum Gasteiger partial charge on any atom is -0.393 e. The van der Waals surface area contributed by atoms with E-state index in [0.717, 1.165) is 36.7 Å². The maximum atomic E-state index is 13.3. The lowest BCUT2D eigenvalue weighted by molar-refractivity contribution is 0.112. The van der Waals surface area contributed by atoms with E-state index in [2.05, 4.69) is 4.98 Å². The summed E-state index contributed by atoms with van der Waals surface area (Å²) in [6.07, 6.45) is 3.02. The quantitative estimate of drug-likeness (QED) is 0.814. The number of halogens is 1. The van der Waals surface area contributed by atoms with Gasteiger partial charge in [0.2, 0.25) is 5.95 Å². The molecule has 5 heteroatoms. The van der Waals surface area contributed by atoms with Crippen LogP contribution in [0.15, 0.2) is 18.2 Å². The van der Waals surface area contributed by atoms with E-state index in [1.807, 2.05) is 4.57 Å². The Bertz CT molecular complexity index is 573. The second-order valence-electron chi connectivity index (χ2n) is 4.94. The summed E-state index contributed by atoms with van der Waals surface area (Å²) in [5.74, 6) is 0.150. The van der Waals surface area contributed by atoms with Crippen LogP contribution >= 0.6 is 0 Å². The molecule has 0 atom stereocenters. The zero-order valence-corrected chi connectivity index (χ0v) is 10.0. The monoisotopic (exact) mass is 249 g/mol. The van der Waals surface area contributed by atoms with E-state index in [1.165, 1.54) is 12.1 Å². The molecule has 3 N–H and O–H groups in total. The summed E-state index contributed by atoms with van der Waals surface area (Å²) in [4.78, 5) is 4.26. The van der Waals surface area contributed by atoms with Crippen LogP contribution in [0.3, 0.4) is 0 Å². The molecule has 0 aliphatic heterocycles. The molecule has 1 heterocycles. The van der Waals surface area contributed by atoms with Gasteiger partial charge in [0.15, 0.2) is 0 Å². The van der Waals surface area contributed by atoms with Crippen molar-refractivity contribution < 1.29 is 9.50 Å². The molecule has 2 aromatic rings. The summed E-state index contributed by atoms with van der Waals surface area (Å²) in [7, 11) is 0. The van der Waals surface area contributed by atoms with Crippen molar-refractivity contribution >= 4 is 17.0 Å². The molecule has 1 fully saturated rings. The van der Waals surface area contributed by atoms with Gasteiger partial charge in [0, 0.05) is 6.04 Å². The molecule has 1 aromatic heterocycles. The molecule has 1 aliphatic rings. The van der Waals surface area contributed by atoms with Gasteiger partial charge in [-0.25, -0.2) is 9.37 Å². The van der Waals surface area contributed by atoms with Gasteiger partial charge in [-0.15, -0.1) is 0 Å². The molecule has 1 saturated carbocycles. The first-order valence-corrected chi connectivity index (χ1v) is 6.26. The SMILES string of the molecule is Nc1nc2ccc(F)cc2n1C1CCC(O)CC1. The Kier molecular flexibility index (Phi) is 2.70. The summed E-state index contributed by atoms with van der Waals surface area (Å²) in [5, 5.41) is 9.54. The van der Waals surface area contributed by atoms with Gasteiger partial charge in [-0.1, -0.05) is 0 Å². The Morgan fingerprint density at radius 1 is 1.28 bits per heavy atom. The number of hydrogen-bond donors (Lipinski definition) is 2. The number of nitrogens with two attached hydrogens (primary N) is 1. The van der Waals surface area contributed by atoms with Crippen LogP contribution in [0.5, 0.6) is 0 Å². The summed E-state index contributed by atoms with van der Waals surface area (Å²) < 4.78 is 15.2. The first-order chi connectivity index (χ1) is 8.65. The van der Waals surface area contributed by atoms with E-state index < -0.39 is 0 Å². The van der Waals surface area contributed by atoms with Crippen LogP contribution < -0.4 is 5.73 Å². The lowest BCUT2D eigenvalue weighted by Crippen LogP contribution is -2.22. The number of aliphatic hydroxyl groups is 1. The van der Waals surface area contributed by atoms with Gasteiger partial charge in [-0.2, -0.15) is 0 Å². The Morgan fingerprint density at radius 3 is 2.72 bits per heavy atom. The Balaban J connectivity index is 2.05. The minimum absolute atomic E-state index is 0.209. The molecule has 0 radical (unpaired) electrons. The highest BCUT2D eigenvalue weighted by Gasteiger charge is 2.24. The molecule has 1 aliphatic carbocycles. The number of aromatic nitrogens is 2. The average Bonchev–Trinajstić information content (AvgIpc) is 2.66. The molecular formula is C13H16FN3O. The molecule has 0 saturated heterocycles. The van der Waals surface area contributed by atoms with Crippen molar-refractivity contribution in [2.45, 2.75) is 37.8 Å². The second-order valence-corrected chi connectivity index (χ2v) is 4.94. The van der Waals surface area contributed by atoms with Crippen molar-refractivity contribution in [3.05, 3.63) is 24.0 Å². The number of hydrogen-bond acceptors (Lipinski definition) is 3. The number of imidazole rings is 1. The molecular weight excluding hydrogens is 233 g/mol. The fraction of sp³-hybridized carbons (Fsp3) is 0.462. The largest absolute Gasteiger partial charge is 0.393 e. The van der Waals surface area contributed by atoms with Gasteiger partial charge in [0.05, 0.1) is 17.1 Å². The van der Waals surface area contributed by atoms with Gasteiger partial charge in [-0.05, 0) is 43.9 Å². The van der Waals surface area contributed by atoms with Crippen molar-refractivity contribution in [3.8, 4) is 0 Å². The van der Waals surface area contributed by atoms with Crippen LogP contribution in [0.2, 0.25) is 0 Å². The lowest BCUT2D eigenvalue weighted by atomic mass is 9.93. The van der Waals surface area contributed by atoms with Crippen molar-refractivity contribution in [2.75, 3.05) is 5.73 Å². The van der Waals surface area contributed by atoms with Gasteiger partial charge in [-0.3, -0.25) is 0 Å². The number of nitrogen functional groups attached to an aromatic ring is 1. The van der Waals surface area contributed by atoms with E-state index in [-0.39, 0.29) is 18.0 Å². The number of fused-ring (bicyclic) bond motifs is 1. The normalized spacial score (nSPS) is 24.6. The van der Waals surface area contributed by atoms with E-state index in [9.17, 15) is 9.50 Å². The highest BCUT2D eigenvalue weighted by Crippen LogP contribution is 2.33. The highest BCUT2D eigenvalue weighted by atomic mass is 19.1. The molecule has 96 valence electrons. The number of nitrogens with zero attached hydrogens (tertiary/aromatic N) is 2. The summed E-state index contributed by atoms with van der Waals surface area (Å²) in [6.45, 7) is 0. The first-order valence-electron chi connectivity index (χ1n) is 6.26. The Morgan fingerprint density at radius 2 is 2.00 bits per heavy atom. The summed E-state index contributed by atoms with van der Waals surface area (Å²) in [5.41, 5.74) is 7.40. The van der Waals surface area contributed by atoms with Crippen LogP contribution in [-0.2, 0) is 0 Å². The van der Waals surface area contributed by atoms with E-state index in [1.54, 1.807) is 6.07 Å². The van der Waals surface area contributed by atoms with Crippen LogP contribution in [0.4, 0.5) is 10.3 Å². The van der Waals surface area contributed by atoms with Gasteiger partial charge >= 0.3 is 0 Å². The van der Waals surface area contributed by atoms with Crippen LogP contribution in [0, 0.1) is 5.82 Å². The van der Waals surface area contributed by atoms with Crippen LogP contribution in [0.25, 0.3) is 11.0 Å². The molecule has 0 amide bonds. The number of rotatable bonds is 1. The van der Waals surface area contributed by atoms with Crippen molar-refractivity contribution in [3.63, 3.8) is 0 Å². The smallest absolute Gasteiger partial charge is 0.201 e. The zero-order chi connectivity index (χ0) is 12.7. The number of benzene rings is 1. The third-order valence-electron chi connectivity index (χ3n) is 3.71. The Labute approximate surface area is 104 Å². The summed E-state index contributed by atoms with van der Waals surface area (Å²) in [6, 6.07) is 4.73. The van der Waals surface area contributed by atoms with Crippen LogP contribution in [-0.4, -0.2) is 20.8 Å². The Hall–Kier alpha value is -1.62. The maximum absolute atomic E-state index is 13.3. The first kappa shape index (κ1) is 11.5. The predicted octanol–water partition coefficient (Wildman–Crippen LogP) is 2.23. The predicted molar refractivity (Wildman–Crippen MR) is 67.6 cm³/mol. The van der Waals surface area contributed by atoms with Gasteiger partial charge in [0.25, 0.3) is 0 Å². The van der Waals surface area contributed by atoms with Crippen molar-refractivity contribution in [2.24, 2.45) is 0 Å². The number of anilines is 1.